The molecule has 0 spiro atoms. The SMILES string of the molecule is CC1=CCN(C(c2ccc(C)s2)C(C)N)CC1. The van der Waals surface area contributed by atoms with Crippen LogP contribution in [0, 0.1) is 6.92 Å². The maximum absolute atomic E-state index is 6.19. The molecule has 0 amide bonds. The van der Waals surface area contributed by atoms with Gasteiger partial charge in [0.25, 0.3) is 0 Å². The first-order valence-electron chi connectivity index (χ1n) is 6.29. The van der Waals surface area contributed by atoms with Gasteiger partial charge in [0, 0.05) is 28.9 Å². The van der Waals surface area contributed by atoms with E-state index < -0.39 is 0 Å². The van der Waals surface area contributed by atoms with Crippen molar-refractivity contribution in [2.45, 2.75) is 39.3 Å². The number of rotatable bonds is 3. The molecule has 0 bridgehead atoms. The lowest BCUT2D eigenvalue weighted by Crippen LogP contribution is -2.41. The summed E-state index contributed by atoms with van der Waals surface area (Å²) in [6.45, 7) is 8.66. The molecule has 2 rings (SSSR count). The summed E-state index contributed by atoms with van der Waals surface area (Å²) in [6.07, 6.45) is 3.51. The second-order valence-electron chi connectivity index (χ2n) is 5.05. The summed E-state index contributed by atoms with van der Waals surface area (Å²) < 4.78 is 0. The van der Waals surface area contributed by atoms with Gasteiger partial charge in [0.15, 0.2) is 0 Å². The second-order valence-corrected chi connectivity index (χ2v) is 6.37. The van der Waals surface area contributed by atoms with E-state index in [0.717, 1.165) is 13.1 Å². The number of nitrogens with two attached hydrogens (primary N) is 1. The largest absolute Gasteiger partial charge is 0.326 e. The fourth-order valence-electron chi connectivity index (χ4n) is 2.42. The van der Waals surface area contributed by atoms with Crippen molar-refractivity contribution in [3.8, 4) is 0 Å². The first-order valence-corrected chi connectivity index (χ1v) is 7.11. The zero-order valence-electron chi connectivity index (χ0n) is 10.9. The molecule has 0 fully saturated rings. The van der Waals surface area contributed by atoms with Crippen LogP contribution in [0.2, 0.25) is 0 Å². The van der Waals surface area contributed by atoms with E-state index in [0.29, 0.717) is 6.04 Å². The van der Waals surface area contributed by atoms with Crippen molar-refractivity contribution in [1.82, 2.24) is 4.90 Å². The number of aryl methyl sites for hydroxylation is 1. The van der Waals surface area contributed by atoms with E-state index in [-0.39, 0.29) is 6.04 Å². The van der Waals surface area contributed by atoms with E-state index in [9.17, 15) is 0 Å². The molecule has 1 aromatic heterocycles. The van der Waals surface area contributed by atoms with Crippen molar-refractivity contribution in [3.63, 3.8) is 0 Å². The van der Waals surface area contributed by atoms with Gasteiger partial charge in [0.05, 0.1) is 6.04 Å². The topological polar surface area (TPSA) is 29.3 Å². The van der Waals surface area contributed by atoms with E-state index in [2.05, 4.69) is 43.9 Å². The zero-order valence-corrected chi connectivity index (χ0v) is 11.8. The lowest BCUT2D eigenvalue weighted by Gasteiger charge is -2.35. The molecule has 94 valence electrons. The average molecular weight is 250 g/mol. The Balaban J connectivity index is 2.18. The van der Waals surface area contributed by atoms with Gasteiger partial charge in [-0.05, 0) is 39.3 Å². The first kappa shape index (κ1) is 12.8. The first-order chi connectivity index (χ1) is 8.08. The fraction of sp³-hybridized carbons (Fsp3) is 0.571. The molecular formula is C14H22N2S. The van der Waals surface area contributed by atoms with Crippen LogP contribution < -0.4 is 5.73 Å². The van der Waals surface area contributed by atoms with Crippen LogP contribution >= 0.6 is 11.3 Å². The van der Waals surface area contributed by atoms with E-state index in [1.54, 1.807) is 0 Å². The molecule has 0 saturated heterocycles. The third kappa shape index (κ3) is 2.97. The van der Waals surface area contributed by atoms with Crippen molar-refractivity contribution in [2.75, 3.05) is 13.1 Å². The molecular weight excluding hydrogens is 228 g/mol. The highest BCUT2D eigenvalue weighted by Crippen LogP contribution is 2.31. The van der Waals surface area contributed by atoms with Crippen LogP contribution in [0.1, 0.15) is 36.1 Å². The van der Waals surface area contributed by atoms with Gasteiger partial charge in [0.1, 0.15) is 0 Å². The van der Waals surface area contributed by atoms with E-state index in [4.69, 9.17) is 5.73 Å². The summed E-state index contributed by atoms with van der Waals surface area (Å²) in [6, 6.07) is 4.98. The molecule has 2 nitrogen and oxygen atoms in total. The second kappa shape index (κ2) is 5.34. The lowest BCUT2D eigenvalue weighted by atomic mass is 10.0. The number of nitrogens with zero attached hydrogens (tertiary/aromatic N) is 1. The van der Waals surface area contributed by atoms with Crippen LogP contribution in [-0.4, -0.2) is 24.0 Å². The normalized spacial score (nSPS) is 21.1. The molecule has 2 N–H and O–H groups in total. The maximum Gasteiger partial charge on any atom is 0.0593 e. The highest BCUT2D eigenvalue weighted by Gasteiger charge is 2.25. The molecule has 0 radical (unpaired) electrons. The highest BCUT2D eigenvalue weighted by atomic mass is 32.1. The third-order valence-electron chi connectivity index (χ3n) is 3.41. The molecule has 0 aliphatic carbocycles. The summed E-state index contributed by atoms with van der Waals surface area (Å²) in [5, 5.41) is 0. The van der Waals surface area contributed by atoms with Gasteiger partial charge in [-0.2, -0.15) is 0 Å². The molecule has 17 heavy (non-hydrogen) atoms. The Morgan fingerprint density at radius 2 is 2.12 bits per heavy atom. The summed E-state index contributed by atoms with van der Waals surface area (Å²) in [7, 11) is 0. The number of thiophene rings is 1. The van der Waals surface area contributed by atoms with Crippen LogP contribution in [0.15, 0.2) is 23.8 Å². The molecule has 1 aliphatic heterocycles. The Hall–Kier alpha value is -0.640. The minimum atomic E-state index is 0.180. The van der Waals surface area contributed by atoms with Crippen LogP contribution in [0.5, 0.6) is 0 Å². The lowest BCUT2D eigenvalue weighted by molar-refractivity contribution is 0.193. The van der Waals surface area contributed by atoms with E-state index >= 15 is 0 Å². The van der Waals surface area contributed by atoms with Gasteiger partial charge in [-0.1, -0.05) is 11.6 Å². The van der Waals surface area contributed by atoms with Crippen molar-refractivity contribution >= 4 is 11.3 Å². The molecule has 2 unspecified atom stereocenters. The van der Waals surface area contributed by atoms with Crippen LogP contribution in [0.3, 0.4) is 0 Å². The Morgan fingerprint density at radius 3 is 2.59 bits per heavy atom. The standard InChI is InChI=1S/C14H22N2S/c1-10-6-8-16(9-7-10)14(12(3)15)13-5-4-11(2)17-13/h4-6,12,14H,7-9,15H2,1-3H3. The monoisotopic (exact) mass is 250 g/mol. The van der Waals surface area contributed by atoms with Gasteiger partial charge in [-0.3, -0.25) is 4.90 Å². The molecule has 2 atom stereocenters. The number of hydrogen-bond donors (Lipinski definition) is 1. The minimum absolute atomic E-state index is 0.180. The molecule has 1 aliphatic rings. The van der Waals surface area contributed by atoms with Crippen LogP contribution in [0.4, 0.5) is 0 Å². The zero-order chi connectivity index (χ0) is 12.4. The maximum atomic E-state index is 6.19. The van der Waals surface area contributed by atoms with Crippen molar-refractivity contribution < 1.29 is 0 Å². The van der Waals surface area contributed by atoms with Gasteiger partial charge >= 0.3 is 0 Å². The Labute approximate surface area is 108 Å². The summed E-state index contributed by atoms with van der Waals surface area (Å²) in [5.74, 6) is 0. The number of hydrogen-bond acceptors (Lipinski definition) is 3. The quantitative estimate of drug-likeness (QED) is 0.835. The molecule has 1 aromatic rings. The third-order valence-corrected chi connectivity index (χ3v) is 4.48. The summed E-state index contributed by atoms with van der Waals surface area (Å²) in [4.78, 5) is 5.28. The predicted molar refractivity (Wildman–Crippen MR) is 75.4 cm³/mol. The summed E-state index contributed by atoms with van der Waals surface area (Å²) in [5.41, 5.74) is 7.69. The van der Waals surface area contributed by atoms with Crippen LogP contribution in [-0.2, 0) is 0 Å². The summed E-state index contributed by atoms with van der Waals surface area (Å²) >= 11 is 1.88. The van der Waals surface area contributed by atoms with Gasteiger partial charge in [-0.15, -0.1) is 11.3 Å². The molecule has 0 aromatic carbocycles. The minimum Gasteiger partial charge on any atom is -0.326 e. The van der Waals surface area contributed by atoms with Gasteiger partial charge in [-0.25, -0.2) is 0 Å². The van der Waals surface area contributed by atoms with Crippen molar-refractivity contribution in [3.05, 3.63) is 33.5 Å². The highest BCUT2D eigenvalue weighted by molar-refractivity contribution is 7.12. The fourth-order valence-corrected chi connectivity index (χ4v) is 3.55. The molecule has 3 heteroatoms. The average Bonchev–Trinajstić information content (AvgIpc) is 2.68. The van der Waals surface area contributed by atoms with Gasteiger partial charge < -0.3 is 5.73 Å². The van der Waals surface area contributed by atoms with Crippen molar-refractivity contribution in [2.24, 2.45) is 5.73 Å². The molecule has 2 heterocycles. The van der Waals surface area contributed by atoms with Crippen molar-refractivity contribution in [1.29, 1.82) is 0 Å². The Kier molecular flexibility index (Phi) is 4.02. The smallest absolute Gasteiger partial charge is 0.0593 e. The predicted octanol–water partition coefficient (Wildman–Crippen LogP) is 3.10. The van der Waals surface area contributed by atoms with E-state index in [1.807, 2.05) is 11.3 Å². The Morgan fingerprint density at radius 1 is 1.35 bits per heavy atom. The van der Waals surface area contributed by atoms with Crippen LogP contribution in [0.25, 0.3) is 0 Å². The molecule has 0 saturated carbocycles. The van der Waals surface area contributed by atoms with E-state index in [1.165, 1.54) is 21.7 Å². The Bertz CT molecular complexity index is 406. The van der Waals surface area contributed by atoms with Gasteiger partial charge in [0.2, 0.25) is 0 Å².